The van der Waals surface area contributed by atoms with E-state index in [0.717, 1.165) is 18.9 Å². The van der Waals surface area contributed by atoms with Gasteiger partial charge >= 0.3 is 0 Å². The van der Waals surface area contributed by atoms with Crippen LogP contribution < -0.4 is 5.73 Å². The molecule has 5 heteroatoms. The second-order valence-corrected chi connectivity index (χ2v) is 6.77. The van der Waals surface area contributed by atoms with Gasteiger partial charge in [0, 0.05) is 6.04 Å². The van der Waals surface area contributed by atoms with Crippen molar-refractivity contribution in [1.82, 2.24) is 0 Å². The van der Waals surface area contributed by atoms with Crippen LogP contribution in [-0.2, 0) is 9.84 Å². The van der Waals surface area contributed by atoms with E-state index in [-0.39, 0.29) is 10.9 Å². The van der Waals surface area contributed by atoms with E-state index in [1.807, 2.05) is 0 Å². The molecule has 94 valence electrons. The van der Waals surface area contributed by atoms with Crippen molar-refractivity contribution < 1.29 is 12.8 Å². The summed E-state index contributed by atoms with van der Waals surface area (Å²) in [5, 5.41) is -0.413. The van der Waals surface area contributed by atoms with Crippen molar-refractivity contribution in [1.29, 1.82) is 0 Å². The van der Waals surface area contributed by atoms with E-state index in [0.29, 0.717) is 12.8 Å². The molecule has 3 nitrogen and oxygen atoms in total. The van der Waals surface area contributed by atoms with E-state index >= 15 is 0 Å². The molecular formula is C12H16FNO2S. The molecule has 2 rings (SSSR count). The predicted molar refractivity (Wildman–Crippen MR) is 63.8 cm³/mol. The highest BCUT2D eigenvalue weighted by Crippen LogP contribution is 2.28. The first-order valence-corrected chi connectivity index (χ1v) is 7.30. The third-order valence-corrected chi connectivity index (χ3v) is 5.54. The summed E-state index contributed by atoms with van der Waals surface area (Å²) in [5.74, 6) is -0.515. The SMILES string of the molecule is NC1CCC(S(=O)(=O)c2cccc(F)c2)CC1. The molecule has 0 unspecified atom stereocenters. The molecule has 0 aliphatic heterocycles. The van der Waals surface area contributed by atoms with E-state index in [1.54, 1.807) is 0 Å². The largest absolute Gasteiger partial charge is 0.328 e. The first-order valence-electron chi connectivity index (χ1n) is 5.75. The highest BCUT2D eigenvalue weighted by molar-refractivity contribution is 7.92. The third kappa shape index (κ3) is 2.66. The fourth-order valence-electron chi connectivity index (χ4n) is 2.24. The average molecular weight is 257 g/mol. The molecule has 1 aromatic rings. The maximum absolute atomic E-state index is 13.0. The Morgan fingerprint density at radius 3 is 2.41 bits per heavy atom. The topological polar surface area (TPSA) is 60.2 Å². The average Bonchev–Trinajstić information content (AvgIpc) is 2.29. The van der Waals surface area contributed by atoms with Crippen LogP contribution >= 0.6 is 0 Å². The second kappa shape index (κ2) is 4.74. The number of sulfone groups is 1. The van der Waals surface area contributed by atoms with E-state index in [4.69, 9.17) is 5.73 Å². The summed E-state index contributed by atoms with van der Waals surface area (Å²) in [5.41, 5.74) is 5.75. The predicted octanol–water partition coefficient (Wildman–Crippen LogP) is 1.87. The Labute approximate surface area is 101 Å². The van der Waals surface area contributed by atoms with Crippen molar-refractivity contribution in [3.8, 4) is 0 Å². The van der Waals surface area contributed by atoms with Crippen LogP contribution in [0.2, 0.25) is 0 Å². The minimum Gasteiger partial charge on any atom is -0.328 e. The number of hydrogen-bond acceptors (Lipinski definition) is 3. The fourth-order valence-corrected chi connectivity index (χ4v) is 4.06. The zero-order valence-corrected chi connectivity index (χ0v) is 10.3. The summed E-state index contributed by atoms with van der Waals surface area (Å²) < 4.78 is 37.5. The smallest absolute Gasteiger partial charge is 0.181 e. The highest BCUT2D eigenvalue weighted by atomic mass is 32.2. The summed E-state index contributed by atoms with van der Waals surface area (Å²) in [7, 11) is -3.40. The van der Waals surface area contributed by atoms with Crippen molar-refractivity contribution in [3.63, 3.8) is 0 Å². The molecule has 0 heterocycles. The van der Waals surface area contributed by atoms with Gasteiger partial charge < -0.3 is 5.73 Å². The van der Waals surface area contributed by atoms with Crippen LogP contribution in [0, 0.1) is 5.82 Å². The van der Waals surface area contributed by atoms with Crippen molar-refractivity contribution in [2.75, 3.05) is 0 Å². The second-order valence-electron chi connectivity index (χ2n) is 4.54. The number of benzene rings is 1. The fraction of sp³-hybridized carbons (Fsp3) is 0.500. The molecule has 17 heavy (non-hydrogen) atoms. The molecule has 1 aliphatic rings. The zero-order valence-electron chi connectivity index (χ0n) is 9.47. The lowest BCUT2D eigenvalue weighted by Gasteiger charge is -2.25. The number of rotatable bonds is 2. The van der Waals surface area contributed by atoms with Gasteiger partial charge in [-0.2, -0.15) is 0 Å². The minimum absolute atomic E-state index is 0.0815. The summed E-state index contributed by atoms with van der Waals surface area (Å²) in [6.45, 7) is 0. The van der Waals surface area contributed by atoms with Gasteiger partial charge in [0.15, 0.2) is 9.84 Å². The minimum atomic E-state index is -3.40. The summed E-state index contributed by atoms with van der Waals surface area (Å²) in [6.07, 6.45) is 2.58. The van der Waals surface area contributed by atoms with Crippen LogP contribution in [0.4, 0.5) is 4.39 Å². The Kier molecular flexibility index (Phi) is 3.49. The standard InChI is InChI=1S/C12H16FNO2S/c13-9-2-1-3-12(8-9)17(15,16)11-6-4-10(14)5-7-11/h1-3,8,10-11H,4-7,14H2. The molecule has 0 atom stereocenters. The quantitative estimate of drug-likeness (QED) is 0.879. The lowest BCUT2D eigenvalue weighted by atomic mass is 9.96. The van der Waals surface area contributed by atoms with E-state index < -0.39 is 20.9 Å². The van der Waals surface area contributed by atoms with Crippen molar-refractivity contribution in [3.05, 3.63) is 30.1 Å². The molecule has 1 aromatic carbocycles. The van der Waals surface area contributed by atoms with E-state index in [1.165, 1.54) is 18.2 Å². The number of nitrogens with two attached hydrogens (primary N) is 1. The Hall–Kier alpha value is -0.940. The molecular weight excluding hydrogens is 241 g/mol. The first-order chi connectivity index (χ1) is 8.00. The molecule has 0 spiro atoms. The van der Waals surface area contributed by atoms with Crippen LogP contribution in [0.25, 0.3) is 0 Å². The summed E-state index contributed by atoms with van der Waals surface area (Å²) >= 11 is 0. The van der Waals surface area contributed by atoms with Crippen LogP contribution in [0.3, 0.4) is 0 Å². The number of halogens is 1. The summed E-state index contributed by atoms with van der Waals surface area (Å²) in [4.78, 5) is 0.0815. The Morgan fingerprint density at radius 2 is 1.82 bits per heavy atom. The Balaban J connectivity index is 2.25. The third-order valence-electron chi connectivity index (χ3n) is 3.28. The van der Waals surface area contributed by atoms with Crippen LogP contribution in [-0.4, -0.2) is 19.7 Å². The van der Waals surface area contributed by atoms with Gasteiger partial charge in [-0.15, -0.1) is 0 Å². The molecule has 1 fully saturated rings. The lowest BCUT2D eigenvalue weighted by Crippen LogP contribution is -2.33. The number of hydrogen-bond donors (Lipinski definition) is 1. The highest BCUT2D eigenvalue weighted by Gasteiger charge is 2.31. The zero-order chi connectivity index (χ0) is 12.5. The van der Waals surface area contributed by atoms with Crippen molar-refractivity contribution >= 4 is 9.84 Å². The van der Waals surface area contributed by atoms with Crippen LogP contribution in [0.5, 0.6) is 0 Å². The maximum atomic E-state index is 13.0. The van der Waals surface area contributed by atoms with Gasteiger partial charge in [0.05, 0.1) is 10.1 Å². The summed E-state index contributed by atoms with van der Waals surface area (Å²) in [6, 6.07) is 5.32. The Bertz CT molecular complexity index is 493. The molecule has 0 saturated heterocycles. The molecule has 0 radical (unpaired) electrons. The van der Waals surface area contributed by atoms with Crippen LogP contribution in [0.1, 0.15) is 25.7 Å². The van der Waals surface area contributed by atoms with Crippen molar-refractivity contribution in [2.45, 2.75) is 41.9 Å². The monoisotopic (exact) mass is 257 g/mol. The van der Waals surface area contributed by atoms with Crippen molar-refractivity contribution in [2.24, 2.45) is 5.73 Å². The maximum Gasteiger partial charge on any atom is 0.181 e. The Morgan fingerprint density at radius 1 is 1.18 bits per heavy atom. The van der Waals surface area contributed by atoms with Gasteiger partial charge in [-0.1, -0.05) is 6.07 Å². The van der Waals surface area contributed by atoms with E-state index in [2.05, 4.69) is 0 Å². The first kappa shape index (κ1) is 12.5. The van der Waals surface area contributed by atoms with Gasteiger partial charge in [0.1, 0.15) is 5.82 Å². The normalized spacial score (nSPS) is 25.8. The molecule has 0 aromatic heterocycles. The van der Waals surface area contributed by atoms with Gasteiger partial charge in [0.25, 0.3) is 0 Å². The van der Waals surface area contributed by atoms with E-state index in [9.17, 15) is 12.8 Å². The van der Waals surface area contributed by atoms with Gasteiger partial charge in [0.2, 0.25) is 0 Å². The van der Waals surface area contributed by atoms with Gasteiger partial charge in [-0.05, 0) is 43.9 Å². The lowest BCUT2D eigenvalue weighted by molar-refractivity contribution is 0.433. The van der Waals surface area contributed by atoms with Gasteiger partial charge in [-0.3, -0.25) is 0 Å². The molecule has 0 bridgehead atoms. The molecule has 1 aliphatic carbocycles. The molecule has 0 amide bonds. The van der Waals surface area contributed by atoms with Gasteiger partial charge in [-0.25, -0.2) is 12.8 Å². The molecule has 1 saturated carbocycles. The molecule has 2 N–H and O–H groups in total. The van der Waals surface area contributed by atoms with Crippen LogP contribution in [0.15, 0.2) is 29.2 Å².